The van der Waals surface area contributed by atoms with Gasteiger partial charge in [0.15, 0.2) is 0 Å². The normalized spacial score (nSPS) is 22.4. The van der Waals surface area contributed by atoms with Gasteiger partial charge in [0.25, 0.3) is 8.32 Å². The third-order valence-corrected chi connectivity index (χ3v) is 16.1. The van der Waals surface area contributed by atoms with Crippen molar-refractivity contribution in [2.24, 2.45) is 11.3 Å². The van der Waals surface area contributed by atoms with E-state index in [9.17, 15) is 0 Å². The Morgan fingerprint density at radius 1 is 0.875 bits per heavy atom. The maximum atomic E-state index is 15.1. The Kier molecular flexibility index (Phi) is 10.1. The second-order valence-electron chi connectivity index (χ2n) is 15.0. The van der Waals surface area contributed by atoms with Gasteiger partial charge in [-0.25, -0.2) is 0 Å². The minimum absolute atomic E-state index is 0.0154. The lowest BCUT2D eigenvalue weighted by Crippen LogP contribution is -2.68. The molecule has 1 amide bonds. The first-order valence-corrected chi connectivity index (χ1v) is 19.8. The third-order valence-electron chi connectivity index (χ3n) is 10.6. The van der Waals surface area contributed by atoms with Gasteiger partial charge in [-0.2, -0.15) is 0 Å². The van der Waals surface area contributed by atoms with Gasteiger partial charge >= 0.3 is 0 Å². The van der Waals surface area contributed by atoms with E-state index in [1.54, 1.807) is 0 Å². The summed E-state index contributed by atoms with van der Waals surface area (Å²) in [5.74, 6) is 0.540. The number of allylic oxidation sites excluding steroid dienone is 1. The molecule has 0 spiro atoms. The number of likely N-dealkylation sites (tertiary alicyclic amines) is 1. The molecule has 0 aromatic heterocycles. The van der Waals surface area contributed by atoms with Crippen molar-refractivity contribution in [3.8, 4) is 0 Å². The molecular weight excluding hydrogens is 649 g/mol. The van der Waals surface area contributed by atoms with Crippen LogP contribution in [-0.2, 0) is 9.22 Å². The highest BCUT2D eigenvalue weighted by atomic mass is 35.5. The summed E-state index contributed by atoms with van der Waals surface area (Å²) in [6, 6.07) is 37.5. The first kappa shape index (κ1) is 34.7. The van der Waals surface area contributed by atoms with Gasteiger partial charge in [-0.3, -0.25) is 4.79 Å². The van der Waals surface area contributed by atoms with Crippen molar-refractivity contribution in [3.63, 3.8) is 0 Å². The quantitative estimate of drug-likeness (QED) is 0.115. The van der Waals surface area contributed by atoms with E-state index in [0.717, 1.165) is 24.0 Å². The Balaban J connectivity index is 1.51. The first-order valence-electron chi connectivity index (χ1n) is 17.2. The van der Waals surface area contributed by atoms with Crippen LogP contribution < -0.4 is 10.4 Å². The van der Waals surface area contributed by atoms with Crippen LogP contribution in [0.25, 0.3) is 0 Å². The number of rotatable bonds is 11. The van der Waals surface area contributed by atoms with Gasteiger partial charge in [-0.15, -0.1) is 6.58 Å². The summed E-state index contributed by atoms with van der Waals surface area (Å²) in [5, 5.41) is 3.69. The van der Waals surface area contributed by atoms with Crippen molar-refractivity contribution in [1.29, 1.82) is 0 Å². The van der Waals surface area contributed by atoms with Crippen LogP contribution in [0.15, 0.2) is 122 Å². The van der Waals surface area contributed by atoms with Gasteiger partial charge in [0, 0.05) is 16.0 Å². The van der Waals surface area contributed by atoms with Gasteiger partial charge < -0.3 is 9.33 Å². The molecule has 4 aromatic carbocycles. The summed E-state index contributed by atoms with van der Waals surface area (Å²) >= 11 is 13.1. The standard InChI is InChI=1S/C42H47Cl2NO2Si/c1-6-26-42(5)28-37(32-14-13-15-34(44)27-32)39(31-22-24-33(43)25-23-31)45(40(42)46)38(30-20-21-30)29-47-48(41(2,3)4,35-16-9-7-10-17-35)36-18-11-8-12-19-36/h6-19,22-25,27,30,37-39H,1,20-21,26,28-29H2,2-5H3/t37-,38-,39?,42?/m1/s1. The van der Waals surface area contributed by atoms with Crippen LogP contribution in [0.3, 0.4) is 0 Å². The van der Waals surface area contributed by atoms with E-state index in [0.29, 0.717) is 35.4 Å². The summed E-state index contributed by atoms with van der Waals surface area (Å²) in [7, 11) is -2.85. The van der Waals surface area contributed by atoms with E-state index in [4.69, 9.17) is 27.6 Å². The van der Waals surface area contributed by atoms with Crippen molar-refractivity contribution in [1.82, 2.24) is 4.90 Å². The van der Waals surface area contributed by atoms with E-state index in [1.807, 2.05) is 30.3 Å². The van der Waals surface area contributed by atoms with Crippen LogP contribution in [0.1, 0.15) is 76.5 Å². The van der Waals surface area contributed by atoms with Crippen LogP contribution in [0, 0.1) is 11.3 Å². The molecule has 4 aromatic rings. The number of hydrogen-bond donors (Lipinski definition) is 0. The zero-order valence-corrected chi connectivity index (χ0v) is 31.1. The third kappa shape index (κ3) is 6.70. The van der Waals surface area contributed by atoms with Crippen molar-refractivity contribution < 1.29 is 9.22 Å². The Morgan fingerprint density at radius 3 is 2.00 bits per heavy atom. The molecule has 4 atom stereocenters. The minimum Gasteiger partial charge on any atom is -0.405 e. The maximum absolute atomic E-state index is 15.1. The van der Waals surface area contributed by atoms with Crippen molar-refractivity contribution in [2.75, 3.05) is 6.61 Å². The first-order chi connectivity index (χ1) is 23.0. The number of nitrogens with zero attached hydrogens (tertiary/aromatic N) is 1. The predicted molar refractivity (Wildman–Crippen MR) is 203 cm³/mol. The second-order valence-corrected chi connectivity index (χ2v) is 20.2. The number of carbonyl (C=O) groups excluding carboxylic acids is 1. The van der Waals surface area contributed by atoms with Gasteiger partial charge in [-0.05, 0) is 82.4 Å². The van der Waals surface area contributed by atoms with Crippen molar-refractivity contribution >= 4 is 47.8 Å². The molecule has 2 fully saturated rings. The maximum Gasteiger partial charge on any atom is 0.261 e. The lowest BCUT2D eigenvalue weighted by atomic mass is 9.67. The molecule has 6 rings (SSSR count). The van der Waals surface area contributed by atoms with Gasteiger partial charge in [0.1, 0.15) is 0 Å². The topological polar surface area (TPSA) is 29.5 Å². The average Bonchev–Trinajstić information content (AvgIpc) is 3.91. The average molecular weight is 697 g/mol. The summed E-state index contributed by atoms with van der Waals surface area (Å²) in [6.45, 7) is 13.6. The van der Waals surface area contributed by atoms with Gasteiger partial charge in [-0.1, -0.05) is 142 Å². The largest absolute Gasteiger partial charge is 0.405 e. The van der Waals surface area contributed by atoms with E-state index >= 15 is 4.79 Å². The highest BCUT2D eigenvalue weighted by molar-refractivity contribution is 6.99. The monoisotopic (exact) mass is 695 g/mol. The molecule has 250 valence electrons. The summed E-state index contributed by atoms with van der Waals surface area (Å²) in [6.07, 6.45) is 5.34. The fourth-order valence-corrected chi connectivity index (χ4v) is 13.0. The zero-order valence-electron chi connectivity index (χ0n) is 28.5. The Morgan fingerprint density at radius 2 is 1.48 bits per heavy atom. The number of carbonyl (C=O) groups is 1. The Labute approximate surface area is 298 Å². The van der Waals surface area contributed by atoms with Crippen LogP contribution >= 0.6 is 23.2 Å². The van der Waals surface area contributed by atoms with Crippen LogP contribution in [0.2, 0.25) is 15.1 Å². The number of hydrogen-bond acceptors (Lipinski definition) is 2. The number of benzene rings is 4. The molecule has 0 radical (unpaired) electrons. The lowest BCUT2D eigenvalue weighted by molar-refractivity contribution is -0.156. The Hall–Kier alpha value is -3.15. The molecule has 0 N–H and O–H groups in total. The Bertz CT molecular complexity index is 1680. The fourth-order valence-electron chi connectivity index (χ4n) is 8.15. The lowest BCUT2D eigenvalue weighted by Gasteiger charge is -2.53. The molecule has 1 aliphatic carbocycles. The number of halogens is 2. The molecule has 0 bridgehead atoms. The summed E-state index contributed by atoms with van der Waals surface area (Å²) < 4.78 is 7.61. The van der Waals surface area contributed by atoms with Crippen molar-refractivity contribution in [3.05, 3.63) is 143 Å². The molecule has 1 saturated carbocycles. The van der Waals surface area contributed by atoms with Gasteiger partial charge in [0.2, 0.25) is 5.91 Å². The van der Waals surface area contributed by atoms with E-state index in [1.165, 1.54) is 10.4 Å². The predicted octanol–water partition coefficient (Wildman–Crippen LogP) is 9.99. The molecular formula is C42H47Cl2NO2Si. The van der Waals surface area contributed by atoms with Crippen LogP contribution in [-0.4, -0.2) is 31.8 Å². The minimum atomic E-state index is -2.85. The molecule has 2 unspecified atom stereocenters. The molecule has 6 heteroatoms. The van der Waals surface area contributed by atoms with Crippen molar-refractivity contribution in [2.45, 2.75) is 76.4 Å². The zero-order chi connectivity index (χ0) is 34.1. The van der Waals surface area contributed by atoms with Crippen LogP contribution in [0.5, 0.6) is 0 Å². The highest BCUT2D eigenvalue weighted by Crippen LogP contribution is 2.54. The number of amides is 1. The molecule has 1 saturated heterocycles. The van der Waals surface area contributed by atoms with Gasteiger partial charge in [0.05, 0.1) is 24.1 Å². The summed E-state index contributed by atoms with van der Waals surface area (Å²) in [5.41, 5.74) is 1.59. The van der Waals surface area contributed by atoms with E-state index in [-0.39, 0.29) is 28.9 Å². The van der Waals surface area contributed by atoms with E-state index in [2.05, 4.69) is 124 Å². The molecule has 48 heavy (non-hydrogen) atoms. The fraction of sp³-hybridized carbons (Fsp3) is 0.357. The molecule has 3 nitrogen and oxygen atoms in total. The highest BCUT2D eigenvalue weighted by Gasteiger charge is 2.55. The second kappa shape index (κ2) is 14.0. The van der Waals surface area contributed by atoms with E-state index < -0.39 is 13.7 Å². The number of piperidine rings is 1. The summed E-state index contributed by atoms with van der Waals surface area (Å²) in [4.78, 5) is 17.4. The smallest absolute Gasteiger partial charge is 0.261 e. The SMILES string of the molecule is C=CCC1(C)C[C@H](c2cccc(Cl)c2)C(c2ccc(Cl)cc2)N([C@H](CO[Si](c2ccccc2)(c2ccccc2)C(C)(C)C)C2CC2)C1=O. The van der Waals surface area contributed by atoms with Crippen LogP contribution in [0.4, 0.5) is 0 Å². The molecule has 2 aliphatic rings. The molecule has 1 aliphatic heterocycles. The molecule has 1 heterocycles.